The van der Waals surface area contributed by atoms with E-state index < -0.39 is 5.97 Å². The number of nitrogens with zero attached hydrogens (tertiary/aromatic N) is 4. The number of rotatable bonds is 2. The highest BCUT2D eigenvalue weighted by Gasteiger charge is 2.26. The van der Waals surface area contributed by atoms with Crippen molar-refractivity contribution in [2.45, 2.75) is 12.8 Å². The molecule has 0 radical (unpaired) electrons. The highest BCUT2D eigenvalue weighted by molar-refractivity contribution is 6.30. The first-order valence-electron chi connectivity index (χ1n) is 6.13. The summed E-state index contributed by atoms with van der Waals surface area (Å²) < 4.78 is 1.84. The average molecular weight is 317 g/mol. The van der Waals surface area contributed by atoms with Crippen molar-refractivity contribution in [3.8, 4) is 0 Å². The molecule has 1 fully saturated rings. The summed E-state index contributed by atoms with van der Waals surface area (Å²) in [7, 11) is 0. The monoisotopic (exact) mass is 316 g/mol. The number of piperidine rings is 1. The van der Waals surface area contributed by atoms with Gasteiger partial charge in [0, 0.05) is 19.3 Å². The molecule has 0 aromatic carbocycles. The smallest absolute Gasteiger partial charge is 0.306 e. The molecule has 108 valence electrons. The van der Waals surface area contributed by atoms with Gasteiger partial charge in [0.25, 0.3) is 0 Å². The van der Waals surface area contributed by atoms with Crippen LogP contribution in [0, 0.1) is 5.92 Å². The maximum atomic E-state index is 10.9. The second-order valence-electron chi connectivity index (χ2n) is 4.68. The minimum absolute atomic E-state index is 0. The molecule has 0 spiro atoms. The van der Waals surface area contributed by atoms with E-state index >= 15 is 0 Å². The molecule has 8 heteroatoms. The van der Waals surface area contributed by atoms with E-state index in [0.29, 0.717) is 31.0 Å². The Bertz CT molecular complexity index is 623. The van der Waals surface area contributed by atoms with Gasteiger partial charge in [-0.05, 0) is 25.0 Å². The Morgan fingerprint density at radius 2 is 2.00 bits per heavy atom. The number of anilines is 1. The molecule has 3 heterocycles. The van der Waals surface area contributed by atoms with Crippen LogP contribution in [0.15, 0.2) is 18.3 Å². The number of aromatic nitrogens is 3. The summed E-state index contributed by atoms with van der Waals surface area (Å²) >= 11 is 5.98. The summed E-state index contributed by atoms with van der Waals surface area (Å²) in [5.74, 6) is -0.242. The molecule has 0 aliphatic carbocycles. The van der Waals surface area contributed by atoms with Crippen molar-refractivity contribution < 1.29 is 9.90 Å². The van der Waals surface area contributed by atoms with Gasteiger partial charge in [0.05, 0.1) is 10.9 Å². The number of carboxylic acids is 1. The van der Waals surface area contributed by atoms with Crippen molar-refractivity contribution in [3.63, 3.8) is 0 Å². The third kappa shape index (κ3) is 2.66. The van der Waals surface area contributed by atoms with Crippen molar-refractivity contribution in [2.75, 3.05) is 18.0 Å². The van der Waals surface area contributed by atoms with Gasteiger partial charge in [-0.3, -0.25) is 9.20 Å². The van der Waals surface area contributed by atoms with Gasteiger partial charge < -0.3 is 10.0 Å². The van der Waals surface area contributed by atoms with Crippen LogP contribution in [0.25, 0.3) is 5.65 Å². The summed E-state index contributed by atoms with van der Waals surface area (Å²) in [6.07, 6.45) is 3.03. The van der Waals surface area contributed by atoms with Crippen molar-refractivity contribution in [3.05, 3.63) is 23.4 Å². The zero-order valence-electron chi connectivity index (χ0n) is 10.6. The van der Waals surface area contributed by atoms with Crippen molar-refractivity contribution >= 4 is 41.6 Å². The first-order chi connectivity index (χ1) is 9.15. The summed E-state index contributed by atoms with van der Waals surface area (Å²) in [5.41, 5.74) is 0.736. The largest absolute Gasteiger partial charge is 0.481 e. The van der Waals surface area contributed by atoms with Gasteiger partial charge in [-0.15, -0.1) is 22.6 Å². The van der Waals surface area contributed by atoms with Crippen molar-refractivity contribution in [2.24, 2.45) is 5.92 Å². The normalized spacial score (nSPS) is 16.1. The van der Waals surface area contributed by atoms with Crippen LogP contribution in [-0.2, 0) is 4.79 Å². The lowest BCUT2D eigenvalue weighted by atomic mass is 9.97. The van der Waals surface area contributed by atoms with Gasteiger partial charge in [-0.2, -0.15) is 0 Å². The number of fused-ring (bicyclic) bond motifs is 1. The lowest BCUT2D eigenvalue weighted by Gasteiger charge is -2.29. The minimum Gasteiger partial charge on any atom is -0.481 e. The quantitative estimate of drug-likeness (QED) is 0.918. The maximum absolute atomic E-state index is 10.9. The fourth-order valence-corrected chi connectivity index (χ4v) is 2.56. The number of hydrogen-bond acceptors (Lipinski definition) is 4. The van der Waals surface area contributed by atoms with E-state index in [0.717, 1.165) is 11.6 Å². The Kier molecular flexibility index (Phi) is 4.35. The van der Waals surface area contributed by atoms with E-state index in [4.69, 9.17) is 16.7 Å². The van der Waals surface area contributed by atoms with Gasteiger partial charge in [0.1, 0.15) is 0 Å². The molecule has 0 atom stereocenters. The van der Waals surface area contributed by atoms with Crippen LogP contribution in [0.4, 0.5) is 5.95 Å². The summed E-state index contributed by atoms with van der Waals surface area (Å²) in [6, 6.07) is 3.58. The summed E-state index contributed by atoms with van der Waals surface area (Å²) in [4.78, 5) is 13.0. The SMILES string of the molecule is Cl.O=C(O)C1CCN(c2nnc3ccc(Cl)cn23)CC1. The van der Waals surface area contributed by atoms with Gasteiger partial charge in [-0.25, -0.2) is 0 Å². The van der Waals surface area contributed by atoms with Crippen LogP contribution in [0.3, 0.4) is 0 Å². The predicted molar refractivity (Wildman–Crippen MR) is 77.8 cm³/mol. The molecule has 0 bridgehead atoms. The molecule has 0 unspecified atom stereocenters. The van der Waals surface area contributed by atoms with E-state index in [2.05, 4.69) is 15.1 Å². The number of halogens is 2. The number of pyridine rings is 1. The first kappa shape index (κ1) is 14.9. The molecule has 2 aromatic rings. The van der Waals surface area contributed by atoms with E-state index in [1.54, 1.807) is 12.3 Å². The average Bonchev–Trinajstić information content (AvgIpc) is 2.81. The van der Waals surface area contributed by atoms with E-state index in [1.165, 1.54) is 0 Å². The highest BCUT2D eigenvalue weighted by atomic mass is 35.5. The predicted octanol–water partition coefficient (Wildman–Crippen LogP) is 2.11. The van der Waals surface area contributed by atoms with Crippen LogP contribution >= 0.6 is 24.0 Å². The molecule has 1 saturated heterocycles. The number of aliphatic carboxylic acids is 1. The van der Waals surface area contributed by atoms with Crippen LogP contribution in [0.2, 0.25) is 5.02 Å². The van der Waals surface area contributed by atoms with Crippen molar-refractivity contribution in [1.82, 2.24) is 14.6 Å². The molecule has 1 N–H and O–H groups in total. The van der Waals surface area contributed by atoms with E-state index in [9.17, 15) is 4.79 Å². The first-order valence-corrected chi connectivity index (χ1v) is 6.51. The molecular weight excluding hydrogens is 303 g/mol. The zero-order valence-corrected chi connectivity index (χ0v) is 12.1. The maximum Gasteiger partial charge on any atom is 0.306 e. The van der Waals surface area contributed by atoms with Crippen LogP contribution < -0.4 is 4.90 Å². The van der Waals surface area contributed by atoms with Crippen molar-refractivity contribution in [1.29, 1.82) is 0 Å². The Hall–Kier alpha value is -1.53. The Labute approximate surface area is 126 Å². The third-order valence-electron chi connectivity index (χ3n) is 3.48. The van der Waals surface area contributed by atoms with Gasteiger partial charge in [0.15, 0.2) is 5.65 Å². The van der Waals surface area contributed by atoms with Crippen LogP contribution in [0.5, 0.6) is 0 Å². The van der Waals surface area contributed by atoms with Gasteiger partial charge in [0.2, 0.25) is 5.95 Å². The second-order valence-corrected chi connectivity index (χ2v) is 5.11. The third-order valence-corrected chi connectivity index (χ3v) is 3.70. The molecule has 1 aliphatic rings. The lowest BCUT2D eigenvalue weighted by Crippen LogP contribution is -2.37. The minimum atomic E-state index is -0.714. The standard InChI is InChI=1S/C12H13ClN4O2.ClH/c13-9-1-2-10-14-15-12(17(10)7-9)16-5-3-8(4-6-16)11(18)19;/h1-2,7-8H,3-6H2,(H,18,19);1H. The van der Waals surface area contributed by atoms with Crippen LogP contribution in [-0.4, -0.2) is 38.8 Å². The molecular formula is C12H14Cl2N4O2. The van der Waals surface area contributed by atoms with Crippen LogP contribution in [0.1, 0.15) is 12.8 Å². The van der Waals surface area contributed by atoms with Gasteiger partial charge in [-0.1, -0.05) is 11.6 Å². The summed E-state index contributed by atoms with van der Waals surface area (Å²) in [5, 5.41) is 17.9. The number of hydrogen-bond donors (Lipinski definition) is 1. The molecule has 0 saturated carbocycles. The summed E-state index contributed by atoms with van der Waals surface area (Å²) in [6.45, 7) is 1.34. The van der Waals surface area contributed by atoms with Gasteiger partial charge >= 0.3 is 5.97 Å². The molecule has 3 rings (SSSR count). The Morgan fingerprint density at radius 1 is 1.30 bits per heavy atom. The van der Waals surface area contributed by atoms with E-state index in [-0.39, 0.29) is 18.3 Å². The highest BCUT2D eigenvalue weighted by Crippen LogP contribution is 2.23. The fourth-order valence-electron chi connectivity index (χ4n) is 2.39. The number of carboxylic acid groups (broad SMARTS) is 1. The molecule has 6 nitrogen and oxygen atoms in total. The zero-order chi connectivity index (χ0) is 13.4. The Balaban J connectivity index is 0.00000147. The lowest BCUT2D eigenvalue weighted by molar-refractivity contribution is -0.142. The van der Waals surface area contributed by atoms with E-state index in [1.807, 2.05) is 10.5 Å². The fraction of sp³-hybridized carbons (Fsp3) is 0.417. The molecule has 20 heavy (non-hydrogen) atoms. The topological polar surface area (TPSA) is 70.7 Å². The molecule has 0 amide bonds. The Morgan fingerprint density at radius 3 is 2.65 bits per heavy atom. The molecule has 2 aromatic heterocycles. The number of carbonyl (C=O) groups is 1. The second kappa shape index (κ2) is 5.85. The molecule has 1 aliphatic heterocycles.